The molecule has 0 saturated heterocycles. The molecule has 0 N–H and O–H groups in total. The van der Waals surface area contributed by atoms with E-state index in [1.807, 2.05) is 12.1 Å². The van der Waals surface area contributed by atoms with Crippen LogP contribution in [0.25, 0.3) is 0 Å². The highest BCUT2D eigenvalue weighted by Crippen LogP contribution is 2.21. The largest absolute Gasteiger partial charge is 0.143 e. The van der Waals surface area contributed by atoms with Crippen LogP contribution in [0.15, 0.2) is 47.4 Å². The summed E-state index contributed by atoms with van der Waals surface area (Å²) < 4.78 is 0. The molecule has 0 aliphatic heterocycles. The minimum atomic E-state index is 0.970. The molecule has 0 nitrogen and oxygen atoms in total. The molecule has 2 aromatic rings. The molecule has 0 unspecified atom stereocenters. The number of hydrogen-bond donors (Lipinski definition) is 1. The smallest absolute Gasteiger partial charge is 0.00754 e. The molecule has 1 heteroatoms. The van der Waals surface area contributed by atoms with Crippen molar-refractivity contribution in [1.82, 2.24) is 0 Å². The number of thiol groups is 1. The average molecular weight is 228 g/mol. The summed E-state index contributed by atoms with van der Waals surface area (Å²) in [4.78, 5) is 1.07. The van der Waals surface area contributed by atoms with Gasteiger partial charge in [-0.2, -0.15) is 0 Å². The second-order valence-electron chi connectivity index (χ2n) is 4.18. The quantitative estimate of drug-likeness (QED) is 0.732. The number of hydrogen-bond acceptors (Lipinski definition) is 1. The zero-order valence-corrected chi connectivity index (χ0v) is 10.6. The first-order valence-electron chi connectivity index (χ1n) is 5.50. The van der Waals surface area contributed by atoms with Crippen molar-refractivity contribution >= 4 is 12.6 Å². The van der Waals surface area contributed by atoms with Gasteiger partial charge in [0.05, 0.1) is 0 Å². The van der Waals surface area contributed by atoms with Gasteiger partial charge < -0.3 is 0 Å². The molecule has 0 amide bonds. The second-order valence-corrected chi connectivity index (χ2v) is 4.66. The number of benzene rings is 2. The normalized spacial score (nSPS) is 10.4. The Hall–Kier alpha value is -1.21. The van der Waals surface area contributed by atoms with Gasteiger partial charge in [-0.1, -0.05) is 36.4 Å². The van der Waals surface area contributed by atoms with Gasteiger partial charge in [0.2, 0.25) is 0 Å². The Bertz CT molecular complexity index is 480. The molecule has 82 valence electrons. The highest BCUT2D eigenvalue weighted by molar-refractivity contribution is 7.80. The average Bonchev–Trinajstić information content (AvgIpc) is 2.26. The molecule has 0 spiro atoms. The van der Waals surface area contributed by atoms with E-state index < -0.39 is 0 Å². The lowest BCUT2D eigenvalue weighted by Crippen LogP contribution is -1.96. The summed E-state index contributed by atoms with van der Waals surface area (Å²) >= 11 is 4.50. The van der Waals surface area contributed by atoms with E-state index in [1.165, 1.54) is 22.3 Å². The molecule has 0 aliphatic rings. The van der Waals surface area contributed by atoms with Crippen molar-refractivity contribution in [2.75, 3.05) is 0 Å². The Labute approximate surface area is 103 Å². The van der Waals surface area contributed by atoms with E-state index in [2.05, 4.69) is 56.8 Å². The molecule has 16 heavy (non-hydrogen) atoms. The molecule has 0 radical (unpaired) electrons. The molecule has 0 aliphatic carbocycles. The van der Waals surface area contributed by atoms with Crippen molar-refractivity contribution in [2.45, 2.75) is 25.2 Å². The summed E-state index contributed by atoms with van der Waals surface area (Å²) in [5.74, 6) is 0. The Morgan fingerprint density at radius 2 is 1.50 bits per heavy atom. The zero-order chi connectivity index (χ0) is 11.5. The Kier molecular flexibility index (Phi) is 3.35. The minimum Gasteiger partial charge on any atom is -0.143 e. The summed E-state index contributed by atoms with van der Waals surface area (Å²) in [7, 11) is 0. The van der Waals surface area contributed by atoms with Crippen molar-refractivity contribution in [3.63, 3.8) is 0 Å². The van der Waals surface area contributed by atoms with E-state index in [-0.39, 0.29) is 0 Å². The lowest BCUT2D eigenvalue weighted by molar-refractivity contribution is 1.08. The number of aryl methyl sites for hydroxylation is 2. The van der Waals surface area contributed by atoms with Gasteiger partial charge in [0.25, 0.3) is 0 Å². The van der Waals surface area contributed by atoms with Crippen LogP contribution in [0.5, 0.6) is 0 Å². The van der Waals surface area contributed by atoms with Gasteiger partial charge in [-0.25, -0.2) is 0 Å². The van der Waals surface area contributed by atoms with Gasteiger partial charge in [0.15, 0.2) is 0 Å². The first kappa shape index (κ1) is 11.3. The second kappa shape index (κ2) is 4.75. The maximum Gasteiger partial charge on any atom is 0.00754 e. The fourth-order valence-corrected chi connectivity index (χ4v) is 2.22. The Balaban J connectivity index is 2.38. The molecule has 2 rings (SSSR count). The summed E-state index contributed by atoms with van der Waals surface area (Å²) in [5.41, 5.74) is 5.43. The van der Waals surface area contributed by atoms with Gasteiger partial charge in [-0.05, 0) is 48.6 Å². The van der Waals surface area contributed by atoms with Crippen LogP contribution in [0, 0.1) is 13.8 Å². The minimum absolute atomic E-state index is 0.970. The van der Waals surface area contributed by atoms with E-state index >= 15 is 0 Å². The summed E-state index contributed by atoms with van der Waals surface area (Å²) in [6.45, 7) is 4.34. The van der Waals surface area contributed by atoms with Crippen LogP contribution in [0.2, 0.25) is 0 Å². The van der Waals surface area contributed by atoms with Crippen molar-refractivity contribution in [1.29, 1.82) is 0 Å². The molecule has 0 atom stereocenters. The molecule has 0 saturated carbocycles. The van der Waals surface area contributed by atoms with E-state index in [0.717, 1.165) is 11.3 Å². The van der Waals surface area contributed by atoms with Crippen LogP contribution in [-0.2, 0) is 6.42 Å². The van der Waals surface area contributed by atoms with Crippen molar-refractivity contribution in [2.24, 2.45) is 0 Å². The summed E-state index contributed by atoms with van der Waals surface area (Å²) in [6, 6.07) is 14.7. The first-order valence-corrected chi connectivity index (χ1v) is 5.95. The van der Waals surface area contributed by atoms with Crippen LogP contribution < -0.4 is 0 Å². The third-order valence-corrected chi connectivity index (χ3v) is 3.44. The van der Waals surface area contributed by atoms with Crippen LogP contribution >= 0.6 is 12.6 Å². The van der Waals surface area contributed by atoms with E-state index in [1.54, 1.807) is 0 Å². The lowest BCUT2D eigenvalue weighted by Gasteiger charge is -2.11. The highest BCUT2D eigenvalue weighted by Gasteiger charge is 2.05. The fraction of sp³-hybridized carbons (Fsp3) is 0.200. The van der Waals surface area contributed by atoms with Crippen molar-refractivity contribution in [3.05, 3.63) is 64.7 Å². The predicted octanol–water partition coefficient (Wildman–Crippen LogP) is 4.18. The summed E-state index contributed by atoms with van der Waals surface area (Å²) in [6.07, 6.45) is 0.970. The first-order chi connectivity index (χ1) is 7.68. The van der Waals surface area contributed by atoms with Gasteiger partial charge in [0, 0.05) is 4.90 Å². The van der Waals surface area contributed by atoms with Crippen LogP contribution in [-0.4, -0.2) is 0 Å². The summed E-state index contributed by atoms with van der Waals surface area (Å²) in [5, 5.41) is 0. The highest BCUT2D eigenvalue weighted by atomic mass is 32.1. The fourth-order valence-electron chi connectivity index (χ4n) is 1.98. The lowest BCUT2D eigenvalue weighted by atomic mass is 9.96. The van der Waals surface area contributed by atoms with Crippen LogP contribution in [0.4, 0.5) is 0 Å². The molecule has 0 fully saturated rings. The van der Waals surface area contributed by atoms with Gasteiger partial charge >= 0.3 is 0 Å². The molecular weight excluding hydrogens is 212 g/mol. The van der Waals surface area contributed by atoms with Gasteiger partial charge in [-0.15, -0.1) is 12.6 Å². The van der Waals surface area contributed by atoms with E-state index in [0.29, 0.717) is 0 Å². The Morgan fingerprint density at radius 3 is 2.12 bits per heavy atom. The molecule has 0 aromatic heterocycles. The molecule has 0 bridgehead atoms. The molecule has 2 aromatic carbocycles. The monoisotopic (exact) mass is 228 g/mol. The standard InChI is InChI=1S/C15H16S/c1-11-6-5-7-12(2)14(11)10-13-8-3-4-9-15(13)16/h3-9,16H,10H2,1-2H3. The Morgan fingerprint density at radius 1 is 0.875 bits per heavy atom. The zero-order valence-electron chi connectivity index (χ0n) is 9.70. The predicted molar refractivity (Wildman–Crippen MR) is 72.4 cm³/mol. The van der Waals surface area contributed by atoms with Crippen molar-refractivity contribution in [3.8, 4) is 0 Å². The SMILES string of the molecule is Cc1cccc(C)c1Cc1ccccc1S. The number of rotatable bonds is 2. The topological polar surface area (TPSA) is 0 Å². The van der Waals surface area contributed by atoms with Crippen LogP contribution in [0.3, 0.4) is 0 Å². The van der Waals surface area contributed by atoms with Gasteiger partial charge in [0.1, 0.15) is 0 Å². The maximum atomic E-state index is 4.50. The maximum absolute atomic E-state index is 4.50. The molecule has 0 heterocycles. The molecular formula is C15H16S. The van der Waals surface area contributed by atoms with E-state index in [4.69, 9.17) is 0 Å². The van der Waals surface area contributed by atoms with E-state index in [9.17, 15) is 0 Å². The van der Waals surface area contributed by atoms with Gasteiger partial charge in [-0.3, -0.25) is 0 Å². The third kappa shape index (κ3) is 2.30. The third-order valence-electron chi connectivity index (χ3n) is 3.00. The van der Waals surface area contributed by atoms with Crippen molar-refractivity contribution < 1.29 is 0 Å². The van der Waals surface area contributed by atoms with Crippen LogP contribution in [0.1, 0.15) is 22.3 Å².